The third-order valence-electron chi connectivity index (χ3n) is 6.40. The van der Waals surface area contributed by atoms with Crippen LogP contribution < -0.4 is 0 Å². The van der Waals surface area contributed by atoms with Crippen LogP contribution in [0.3, 0.4) is 0 Å². The summed E-state index contributed by atoms with van der Waals surface area (Å²) in [5, 5.41) is 26.5. The summed E-state index contributed by atoms with van der Waals surface area (Å²) < 4.78 is 1.72. The number of aliphatic hydroxyl groups is 2. The van der Waals surface area contributed by atoms with Crippen LogP contribution in [0.1, 0.15) is 104 Å². The molecule has 2 rings (SSSR count). The maximum atomic E-state index is 11.3. The number of carbonyl (C=O) groups is 3. The van der Waals surface area contributed by atoms with E-state index in [9.17, 15) is 19.5 Å². The van der Waals surface area contributed by atoms with E-state index in [1.807, 2.05) is 70.3 Å². The molecule has 267 valence electrons. The predicted octanol–water partition coefficient (Wildman–Crippen LogP) is 7.49. The monoisotopic (exact) mass is 903 g/mol. The van der Waals surface area contributed by atoms with Gasteiger partial charge in [-0.05, 0) is 74.8 Å². The number of rotatable bonds is 17. The maximum absolute atomic E-state index is 11.3. The third-order valence-corrected chi connectivity index (χ3v) is 6.40. The van der Waals surface area contributed by atoms with Gasteiger partial charge >= 0.3 is 0 Å². The van der Waals surface area contributed by atoms with Crippen molar-refractivity contribution in [2.24, 2.45) is 5.41 Å². The molecule has 0 spiro atoms. The van der Waals surface area contributed by atoms with Gasteiger partial charge in [-0.25, -0.2) is 0 Å². The molecule has 0 amide bonds. The molecule has 2 unspecified atom stereocenters. The Morgan fingerprint density at radius 3 is 1.71 bits per heavy atom. The van der Waals surface area contributed by atoms with Crippen molar-refractivity contribution in [1.82, 2.24) is 15.0 Å². The fourth-order valence-electron chi connectivity index (χ4n) is 3.39. The second-order valence-electron chi connectivity index (χ2n) is 10.5. The van der Waals surface area contributed by atoms with Gasteiger partial charge in [0.2, 0.25) is 0 Å². The summed E-state index contributed by atoms with van der Waals surface area (Å²) >= 11 is 0. The topological polar surface area (TPSA) is 122 Å². The van der Waals surface area contributed by atoms with Crippen LogP contribution in [0.15, 0.2) is 62.8 Å². The van der Waals surface area contributed by atoms with Crippen molar-refractivity contribution in [2.75, 3.05) is 6.61 Å². The van der Waals surface area contributed by atoms with Crippen LogP contribution in [0.2, 0.25) is 0 Å². The summed E-state index contributed by atoms with van der Waals surface area (Å²) in [6.07, 6.45) is 16.2. The van der Waals surface area contributed by atoms with Crippen molar-refractivity contribution < 1.29 is 123 Å². The molecule has 0 saturated carbocycles. The van der Waals surface area contributed by atoms with E-state index in [4.69, 9.17) is 5.11 Å². The minimum absolute atomic E-state index is 0. The van der Waals surface area contributed by atoms with Gasteiger partial charge in [0.1, 0.15) is 0 Å². The van der Waals surface area contributed by atoms with Crippen molar-refractivity contribution >= 4 is 23.4 Å². The Balaban J connectivity index is -0.000000128. The number of Topliss-reactive ketones (excluding diaryl/α,β-unsaturated/α-hetero) is 3. The molecule has 2 N–H and O–H groups in total. The molecule has 0 aliphatic carbocycles. The number of benzene rings is 1. The standard InChI is InChI=1S/C13H20N3O2.C8H13O2.C8H8.C6H9O.C3H8.3Y/c1-4-12(18)6-7-13(5-2,10-17)9-16-8-11(3)14-15-16;1-3-7(9)5-6-8(10)4-2;1-2-8-6-4-3-5-7-8;1-3-5-6(7)4-2;1-3-2;;;/h8,17H,1,5-7,9-10H2,2-3H3;8,10H,1,4-6H2,2H3;2-7H,1H2;2-3,5H2,1H3;3H2,1-2H3;;;/q2*-1;;-1;;;;. The summed E-state index contributed by atoms with van der Waals surface area (Å²) in [5.41, 5.74) is 1.67. The number of aromatic nitrogens is 3. The summed E-state index contributed by atoms with van der Waals surface area (Å²) in [7, 11) is 0. The number of aryl methyl sites for hydroxylation is 1. The molecule has 1 aromatic heterocycles. The zero-order valence-corrected chi connectivity index (χ0v) is 39.4. The predicted molar refractivity (Wildman–Crippen MR) is 188 cm³/mol. The summed E-state index contributed by atoms with van der Waals surface area (Å²) in [6, 6.07) is 10.0. The second-order valence-corrected chi connectivity index (χ2v) is 10.5. The van der Waals surface area contributed by atoms with E-state index in [0.717, 1.165) is 18.5 Å². The number of hydrogen-bond donors (Lipinski definition) is 2. The van der Waals surface area contributed by atoms with Crippen LogP contribution in [-0.2, 0) is 119 Å². The molecule has 1 aromatic carbocycles. The minimum Gasteiger partial charge on any atom is -0.435 e. The molecule has 0 aliphatic heterocycles. The van der Waals surface area contributed by atoms with Crippen molar-refractivity contribution in [1.29, 1.82) is 0 Å². The quantitative estimate of drug-likeness (QED) is 0.125. The second kappa shape index (κ2) is 42.0. The van der Waals surface area contributed by atoms with Gasteiger partial charge in [-0.1, -0.05) is 95.7 Å². The average molecular weight is 904 g/mol. The Labute approximate surface area is 373 Å². The van der Waals surface area contributed by atoms with E-state index in [1.54, 1.807) is 4.68 Å². The SMILES string of the molecule is C=Cc1ccccc1.C=[C-]C(=O)CCC.C=[C-]C(=O)CCC(CC)(CO)Cn1cc(C)nn1.C=[C-]C(=O)CCC(O)CC.CCC.[Y].[Y].[Y]. The number of allylic oxidation sites excluding steroid dienone is 3. The molecular weight excluding hydrogens is 845 g/mol. The third kappa shape index (κ3) is 37.1. The Bertz CT molecular complexity index is 1120. The van der Waals surface area contributed by atoms with Gasteiger partial charge in [0.05, 0.1) is 24.9 Å². The molecule has 0 bridgehead atoms. The zero-order valence-electron chi connectivity index (χ0n) is 30.9. The number of nitrogens with zero attached hydrogens (tertiary/aromatic N) is 3. The zero-order chi connectivity index (χ0) is 35.8. The van der Waals surface area contributed by atoms with E-state index in [1.165, 1.54) is 12.0 Å². The number of hydrogen-bond acceptors (Lipinski definition) is 7. The van der Waals surface area contributed by atoms with Crippen molar-refractivity contribution in [3.8, 4) is 0 Å². The fourth-order valence-corrected chi connectivity index (χ4v) is 3.39. The molecular formula is C38H58N3O5Y3-3. The summed E-state index contributed by atoms with van der Waals surface area (Å²) in [6.45, 7) is 25.9. The Morgan fingerprint density at radius 2 is 1.39 bits per heavy atom. The van der Waals surface area contributed by atoms with Crippen LogP contribution in [-0.4, -0.2) is 55.3 Å². The van der Waals surface area contributed by atoms with Gasteiger partial charge < -0.3 is 42.8 Å². The van der Waals surface area contributed by atoms with Crippen LogP contribution >= 0.6 is 0 Å². The van der Waals surface area contributed by atoms with Gasteiger partial charge in [0.15, 0.2) is 0 Å². The van der Waals surface area contributed by atoms with Crippen molar-refractivity contribution in [2.45, 2.75) is 112 Å². The Morgan fingerprint density at radius 1 is 0.898 bits per heavy atom. The van der Waals surface area contributed by atoms with Gasteiger partial charge in [-0.3, -0.25) is 24.4 Å². The fraction of sp³-hybridized carbons (Fsp3) is 0.500. The first-order valence-corrected chi connectivity index (χ1v) is 15.9. The van der Waals surface area contributed by atoms with Crippen LogP contribution in [0, 0.1) is 30.6 Å². The van der Waals surface area contributed by atoms with E-state index in [2.05, 4.69) is 68.7 Å². The van der Waals surface area contributed by atoms with Crippen molar-refractivity contribution in [3.63, 3.8) is 0 Å². The minimum atomic E-state index is -0.350. The van der Waals surface area contributed by atoms with Crippen LogP contribution in [0.25, 0.3) is 6.08 Å². The summed E-state index contributed by atoms with van der Waals surface area (Å²) in [5.74, 6) is -0.217. The van der Waals surface area contributed by atoms with E-state index < -0.39 is 0 Å². The molecule has 2 aromatic rings. The number of aliphatic hydroxyl groups excluding tert-OH is 2. The Hall–Kier alpha value is -0.438. The molecule has 0 fully saturated rings. The first kappa shape index (κ1) is 60.6. The molecule has 49 heavy (non-hydrogen) atoms. The van der Waals surface area contributed by atoms with Crippen LogP contribution in [0.4, 0.5) is 0 Å². The molecule has 2 atom stereocenters. The maximum Gasteiger partial charge on any atom is 0.0796 e. The van der Waals surface area contributed by atoms with Crippen molar-refractivity contribution in [3.05, 3.63) is 92.3 Å². The van der Waals surface area contributed by atoms with Gasteiger partial charge in [-0.15, -0.1) is 5.10 Å². The smallest absolute Gasteiger partial charge is 0.0796 e. The summed E-state index contributed by atoms with van der Waals surface area (Å²) in [4.78, 5) is 32.0. The van der Waals surface area contributed by atoms with E-state index in [-0.39, 0.29) is 134 Å². The van der Waals surface area contributed by atoms with Gasteiger partial charge in [-0.2, -0.15) is 0 Å². The molecule has 3 radical (unpaired) electrons. The normalized spacial score (nSPS) is 10.7. The molecule has 11 heteroatoms. The van der Waals surface area contributed by atoms with E-state index >= 15 is 0 Å². The first-order valence-electron chi connectivity index (χ1n) is 15.9. The number of ketones is 3. The molecule has 0 saturated heterocycles. The molecule has 0 aliphatic rings. The largest absolute Gasteiger partial charge is 0.435 e. The first-order chi connectivity index (χ1) is 21.9. The van der Waals surface area contributed by atoms with Gasteiger partial charge in [0, 0.05) is 110 Å². The van der Waals surface area contributed by atoms with Crippen LogP contribution in [0.5, 0.6) is 0 Å². The average Bonchev–Trinajstić information content (AvgIpc) is 3.50. The Kier molecular flexibility index (Phi) is 52.0. The van der Waals surface area contributed by atoms with E-state index in [0.29, 0.717) is 45.1 Å². The molecule has 1 heterocycles. The number of carbonyl (C=O) groups excluding carboxylic acids is 3. The van der Waals surface area contributed by atoms with Gasteiger partial charge in [0.25, 0.3) is 0 Å². The molecule has 8 nitrogen and oxygen atoms in total.